The topological polar surface area (TPSA) is 84.2 Å². The first kappa shape index (κ1) is 16.2. The van der Waals surface area contributed by atoms with Gasteiger partial charge in [0.05, 0.1) is 5.75 Å². The number of nitrogens with one attached hydrogen (secondary N) is 2. The van der Waals surface area contributed by atoms with E-state index in [0.717, 1.165) is 6.42 Å². The predicted octanol–water partition coefficient (Wildman–Crippen LogP) is 1.08. The van der Waals surface area contributed by atoms with Crippen LogP contribution in [-0.4, -0.2) is 35.0 Å². The van der Waals surface area contributed by atoms with Crippen LogP contribution < -0.4 is 16.4 Å². The molecule has 0 fully saturated rings. The highest BCUT2D eigenvalue weighted by atomic mass is 32.2. The van der Waals surface area contributed by atoms with Crippen LogP contribution in [0.15, 0.2) is 0 Å². The summed E-state index contributed by atoms with van der Waals surface area (Å²) in [5, 5.41) is 5.29. The minimum absolute atomic E-state index is 0.277. The van der Waals surface area contributed by atoms with Crippen molar-refractivity contribution >= 4 is 23.7 Å². The second-order valence-electron chi connectivity index (χ2n) is 4.95. The molecule has 17 heavy (non-hydrogen) atoms. The van der Waals surface area contributed by atoms with Crippen LogP contribution in [0.1, 0.15) is 34.1 Å². The number of thioether (sulfide) groups is 1. The van der Waals surface area contributed by atoms with Crippen LogP contribution in [-0.2, 0) is 4.79 Å². The summed E-state index contributed by atoms with van der Waals surface area (Å²) in [5.74, 6) is -0.000685. The quantitative estimate of drug-likeness (QED) is 0.691. The number of rotatable bonds is 5. The molecule has 3 amide bonds. The van der Waals surface area contributed by atoms with Gasteiger partial charge in [-0.3, -0.25) is 10.1 Å². The van der Waals surface area contributed by atoms with Crippen molar-refractivity contribution in [2.24, 2.45) is 5.73 Å². The van der Waals surface area contributed by atoms with Crippen LogP contribution in [0, 0.1) is 0 Å². The lowest BCUT2D eigenvalue weighted by molar-refractivity contribution is -0.117. The Morgan fingerprint density at radius 3 is 2.41 bits per heavy atom. The lowest BCUT2D eigenvalue weighted by atomic mass is 10.1. The van der Waals surface area contributed by atoms with Crippen LogP contribution in [0.25, 0.3) is 0 Å². The predicted molar refractivity (Wildman–Crippen MR) is 72.0 cm³/mol. The van der Waals surface area contributed by atoms with Crippen molar-refractivity contribution in [2.75, 3.05) is 12.3 Å². The summed E-state index contributed by atoms with van der Waals surface area (Å²) in [6, 6.07) is -0.449. The number of hydrogen-bond donors (Lipinski definition) is 3. The maximum Gasteiger partial charge on any atom is 0.321 e. The van der Waals surface area contributed by atoms with E-state index in [9.17, 15) is 9.59 Å². The highest BCUT2D eigenvalue weighted by molar-refractivity contribution is 8.00. The number of nitrogens with two attached hydrogens (primary N) is 1. The third-order valence-electron chi connectivity index (χ3n) is 1.81. The van der Waals surface area contributed by atoms with Crippen molar-refractivity contribution in [1.29, 1.82) is 0 Å². The molecule has 100 valence electrons. The van der Waals surface area contributed by atoms with E-state index in [2.05, 4.69) is 10.6 Å². The van der Waals surface area contributed by atoms with Gasteiger partial charge in [0.25, 0.3) is 0 Å². The zero-order valence-corrected chi connectivity index (χ0v) is 11.8. The molecule has 0 saturated heterocycles. The molecule has 0 aliphatic heterocycles. The van der Waals surface area contributed by atoms with Crippen molar-refractivity contribution in [3.8, 4) is 0 Å². The van der Waals surface area contributed by atoms with Gasteiger partial charge in [0.15, 0.2) is 0 Å². The second-order valence-corrected chi connectivity index (χ2v) is 6.38. The van der Waals surface area contributed by atoms with Gasteiger partial charge in [0, 0.05) is 10.8 Å². The summed E-state index contributed by atoms with van der Waals surface area (Å²) >= 11 is 1.50. The Morgan fingerprint density at radius 1 is 1.35 bits per heavy atom. The molecule has 0 bridgehead atoms. The van der Waals surface area contributed by atoms with Crippen molar-refractivity contribution in [3.63, 3.8) is 0 Å². The van der Waals surface area contributed by atoms with Crippen molar-refractivity contribution in [2.45, 2.75) is 44.9 Å². The van der Waals surface area contributed by atoms with Gasteiger partial charge >= 0.3 is 6.03 Å². The highest BCUT2D eigenvalue weighted by Crippen LogP contribution is 2.12. The molecule has 5 nitrogen and oxygen atoms in total. The summed E-state index contributed by atoms with van der Waals surface area (Å²) in [7, 11) is 0. The lowest BCUT2D eigenvalue weighted by Crippen LogP contribution is -2.48. The molecule has 4 N–H and O–H groups in total. The Morgan fingerprint density at radius 2 is 1.94 bits per heavy atom. The smallest absolute Gasteiger partial charge is 0.321 e. The van der Waals surface area contributed by atoms with E-state index < -0.39 is 6.03 Å². The zero-order valence-electron chi connectivity index (χ0n) is 11.0. The first-order valence-corrected chi connectivity index (χ1v) is 6.73. The van der Waals surface area contributed by atoms with Crippen molar-refractivity contribution < 1.29 is 9.59 Å². The molecular formula is C11H23N3O2S. The van der Waals surface area contributed by atoms with E-state index in [0.29, 0.717) is 11.8 Å². The molecule has 0 aliphatic rings. The molecule has 0 rings (SSSR count). The lowest BCUT2D eigenvalue weighted by Gasteiger charge is -2.20. The van der Waals surface area contributed by atoms with E-state index in [4.69, 9.17) is 5.73 Å². The average molecular weight is 261 g/mol. The Kier molecular flexibility index (Phi) is 7.22. The standard InChI is InChI=1S/C11H23N3O2S/c1-8(5-6-12)17-7-9(15)13-10(16)14-11(2,3)4/h8H,5-7,12H2,1-4H3,(H2,13,14,15,16). The van der Waals surface area contributed by atoms with Gasteiger partial charge in [-0.15, -0.1) is 11.8 Å². The zero-order chi connectivity index (χ0) is 13.5. The van der Waals surface area contributed by atoms with Crippen LogP contribution in [0.3, 0.4) is 0 Å². The summed E-state index contributed by atoms with van der Waals surface area (Å²) in [6.45, 7) is 8.19. The Balaban J connectivity index is 3.83. The fraction of sp³-hybridized carbons (Fsp3) is 0.818. The molecule has 0 spiro atoms. The summed E-state index contributed by atoms with van der Waals surface area (Å²) in [6.07, 6.45) is 0.867. The van der Waals surface area contributed by atoms with Crippen LogP contribution in [0.2, 0.25) is 0 Å². The number of carbonyl (C=O) groups is 2. The van der Waals surface area contributed by atoms with Gasteiger partial charge in [-0.05, 0) is 33.7 Å². The number of imide groups is 1. The minimum atomic E-state index is -0.449. The molecule has 0 aromatic carbocycles. The maximum absolute atomic E-state index is 11.4. The van der Waals surface area contributed by atoms with E-state index in [-0.39, 0.29) is 17.2 Å². The van der Waals surface area contributed by atoms with Gasteiger partial charge in [-0.1, -0.05) is 6.92 Å². The Bertz CT molecular complexity index is 264. The molecule has 0 heterocycles. The first-order chi connectivity index (χ1) is 7.74. The highest BCUT2D eigenvalue weighted by Gasteiger charge is 2.15. The molecule has 0 aromatic rings. The summed E-state index contributed by atoms with van der Waals surface area (Å²) < 4.78 is 0. The van der Waals surface area contributed by atoms with Crippen molar-refractivity contribution in [1.82, 2.24) is 10.6 Å². The van der Waals surface area contributed by atoms with Crippen LogP contribution >= 0.6 is 11.8 Å². The second kappa shape index (κ2) is 7.55. The molecule has 0 aliphatic carbocycles. The third kappa shape index (κ3) is 10.1. The van der Waals surface area contributed by atoms with E-state index in [1.807, 2.05) is 27.7 Å². The fourth-order valence-corrected chi connectivity index (χ4v) is 1.88. The molecule has 6 heteroatoms. The summed E-state index contributed by atoms with van der Waals surface area (Å²) in [4.78, 5) is 22.8. The maximum atomic E-state index is 11.4. The van der Waals surface area contributed by atoms with Crippen molar-refractivity contribution in [3.05, 3.63) is 0 Å². The Hall–Kier alpha value is -0.750. The average Bonchev–Trinajstić information content (AvgIpc) is 2.12. The molecule has 0 saturated carbocycles. The molecule has 1 unspecified atom stereocenters. The molecule has 0 radical (unpaired) electrons. The number of amides is 3. The number of urea groups is 1. The Labute approximate surface area is 107 Å². The fourth-order valence-electron chi connectivity index (χ4n) is 1.07. The largest absolute Gasteiger partial charge is 0.333 e. The van der Waals surface area contributed by atoms with E-state index >= 15 is 0 Å². The van der Waals surface area contributed by atoms with Gasteiger partial charge in [-0.25, -0.2) is 4.79 Å². The summed E-state index contributed by atoms with van der Waals surface area (Å²) in [5.41, 5.74) is 5.07. The number of hydrogen-bond acceptors (Lipinski definition) is 4. The van der Waals surface area contributed by atoms with Crippen LogP contribution in [0.4, 0.5) is 4.79 Å². The monoisotopic (exact) mass is 261 g/mol. The minimum Gasteiger partial charge on any atom is -0.333 e. The third-order valence-corrected chi connectivity index (χ3v) is 3.05. The van der Waals surface area contributed by atoms with Gasteiger partial charge < -0.3 is 11.1 Å². The normalized spacial score (nSPS) is 13.0. The first-order valence-electron chi connectivity index (χ1n) is 5.68. The molecular weight excluding hydrogens is 238 g/mol. The van der Waals surface area contributed by atoms with E-state index in [1.54, 1.807) is 0 Å². The SMILES string of the molecule is CC(CCN)SCC(=O)NC(=O)NC(C)(C)C. The van der Waals surface area contributed by atoms with Gasteiger partial charge in [-0.2, -0.15) is 0 Å². The van der Waals surface area contributed by atoms with Crippen LogP contribution in [0.5, 0.6) is 0 Å². The molecule has 0 aromatic heterocycles. The van der Waals surface area contributed by atoms with Gasteiger partial charge in [0.2, 0.25) is 5.91 Å². The van der Waals surface area contributed by atoms with Gasteiger partial charge in [0.1, 0.15) is 0 Å². The number of carbonyl (C=O) groups excluding carboxylic acids is 2. The van der Waals surface area contributed by atoms with E-state index in [1.165, 1.54) is 11.8 Å². The molecule has 1 atom stereocenters.